The molecule has 0 aliphatic rings. The highest BCUT2D eigenvalue weighted by Gasteiger charge is 2.01. The van der Waals surface area contributed by atoms with Crippen LogP contribution in [-0.2, 0) is 6.54 Å². The lowest BCUT2D eigenvalue weighted by atomic mass is 10.2. The van der Waals surface area contributed by atoms with Gasteiger partial charge in [0.25, 0.3) is 0 Å². The van der Waals surface area contributed by atoms with Gasteiger partial charge in [-0.3, -0.25) is 0 Å². The second-order valence-corrected chi connectivity index (χ2v) is 2.99. The van der Waals surface area contributed by atoms with Gasteiger partial charge in [0.15, 0.2) is 0 Å². The lowest BCUT2D eigenvalue weighted by Gasteiger charge is -2.08. The Morgan fingerprint density at radius 3 is 2.92 bits per heavy atom. The maximum Gasteiger partial charge on any atom is 0.124 e. The van der Waals surface area contributed by atoms with Crippen molar-refractivity contribution in [2.45, 2.75) is 6.54 Å². The van der Waals surface area contributed by atoms with Gasteiger partial charge in [-0.05, 0) is 18.2 Å². The largest absolute Gasteiger partial charge is 0.489 e. The van der Waals surface area contributed by atoms with Gasteiger partial charge in [0, 0.05) is 17.1 Å². The van der Waals surface area contributed by atoms with Gasteiger partial charge in [-0.1, -0.05) is 24.3 Å². The minimum Gasteiger partial charge on any atom is -0.489 e. The van der Waals surface area contributed by atoms with Gasteiger partial charge < -0.3 is 10.5 Å². The molecule has 0 heterocycles. The van der Waals surface area contributed by atoms with E-state index in [-0.39, 0.29) is 0 Å². The lowest BCUT2D eigenvalue weighted by Crippen LogP contribution is -2.02. The number of ether oxygens (including phenoxy) is 1. The molecule has 1 aromatic carbocycles. The summed E-state index contributed by atoms with van der Waals surface area (Å²) < 4.78 is 5.38. The highest BCUT2D eigenvalue weighted by molar-refractivity contribution is 6.30. The molecule has 1 rings (SSSR count). The molecule has 0 unspecified atom stereocenters. The van der Waals surface area contributed by atoms with Crippen LogP contribution in [0.4, 0.5) is 0 Å². The van der Waals surface area contributed by atoms with Crippen molar-refractivity contribution in [1.29, 1.82) is 0 Å². The van der Waals surface area contributed by atoms with Gasteiger partial charge in [0.1, 0.15) is 12.4 Å². The minimum absolute atomic E-state index is 0.424. The van der Waals surface area contributed by atoms with Crippen LogP contribution >= 0.6 is 11.6 Å². The molecule has 13 heavy (non-hydrogen) atoms. The van der Waals surface area contributed by atoms with Crippen molar-refractivity contribution in [2.24, 2.45) is 5.73 Å². The Morgan fingerprint density at radius 1 is 1.54 bits per heavy atom. The summed E-state index contributed by atoms with van der Waals surface area (Å²) in [5.74, 6) is 0.770. The predicted octanol–water partition coefficient (Wildman–Crippen LogP) is 2.36. The first-order valence-corrected chi connectivity index (χ1v) is 4.38. The van der Waals surface area contributed by atoms with Crippen LogP contribution in [0.5, 0.6) is 5.75 Å². The maximum atomic E-state index is 5.80. The van der Waals surface area contributed by atoms with Crippen molar-refractivity contribution in [2.75, 3.05) is 6.61 Å². The SMILES string of the molecule is C=CCOc1ccc(Cl)cc1CN. The van der Waals surface area contributed by atoms with Gasteiger partial charge in [-0.25, -0.2) is 0 Å². The Balaban J connectivity index is 2.85. The molecule has 0 radical (unpaired) electrons. The molecule has 0 saturated carbocycles. The van der Waals surface area contributed by atoms with Gasteiger partial charge in [0.2, 0.25) is 0 Å². The van der Waals surface area contributed by atoms with Crippen LogP contribution in [0.15, 0.2) is 30.9 Å². The molecule has 0 saturated heterocycles. The zero-order valence-electron chi connectivity index (χ0n) is 7.29. The minimum atomic E-state index is 0.424. The lowest BCUT2D eigenvalue weighted by molar-refractivity contribution is 0.359. The molecule has 0 aromatic heterocycles. The molecule has 0 aliphatic heterocycles. The predicted molar refractivity (Wildman–Crippen MR) is 55.0 cm³/mol. The van der Waals surface area contributed by atoms with E-state index in [1.54, 1.807) is 18.2 Å². The third-order valence-corrected chi connectivity index (χ3v) is 1.83. The summed E-state index contributed by atoms with van der Waals surface area (Å²) in [6.07, 6.45) is 1.69. The fraction of sp³-hybridized carbons (Fsp3) is 0.200. The van der Waals surface area contributed by atoms with Crippen molar-refractivity contribution >= 4 is 11.6 Å². The average molecular weight is 198 g/mol. The Kier molecular flexibility index (Phi) is 3.80. The highest BCUT2D eigenvalue weighted by Crippen LogP contribution is 2.22. The summed E-state index contributed by atoms with van der Waals surface area (Å²) in [6.45, 7) is 4.47. The monoisotopic (exact) mass is 197 g/mol. The van der Waals surface area contributed by atoms with Gasteiger partial charge in [-0.2, -0.15) is 0 Å². The molecule has 3 heteroatoms. The zero-order chi connectivity index (χ0) is 9.68. The molecule has 0 amide bonds. The Morgan fingerprint density at radius 2 is 2.31 bits per heavy atom. The van der Waals surface area contributed by atoms with E-state index < -0.39 is 0 Å². The van der Waals surface area contributed by atoms with E-state index in [0.717, 1.165) is 11.3 Å². The van der Waals surface area contributed by atoms with Crippen molar-refractivity contribution in [1.82, 2.24) is 0 Å². The van der Waals surface area contributed by atoms with Crippen LogP contribution in [0.1, 0.15) is 5.56 Å². The molecule has 2 N–H and O–H groups in total. The van der Waals surface area contributed by atoms with Crippen LogP contribution in [-0.4, -0.2) is 6.61 Å². The first kappa shape index (κ1) is 10.1. The number of hydrogen-bond acceptors (Lipinski definition) is 2. The van der Waals surface area contributed by atoms with Crippen LogP contribution in [0, 0.1) is 0 Å². The standard InChI is InChI=1S/C10H12ClNO/c1-2-5-13-10-4-3-9(11)6-8(10)7-12/h2-4,6H,1,5,7,12H2. The second kappa shape index (κ2) is 4.90. The van der Waals surface area contributed by atoms with Crippen LogP contribution in [0.2, 0.25) is 5.02 Å². The van der Waals surface area contributed by atoms with E-state index in [0.29, 0.717) is 18.2 Å². The third-order valence-electron chi connectivity index (χ3n) is 1.60. The summed E-state index contributed by atoms with van der Waals surface area (Å²) in [5.41, 5.74) is 6.44. The number of rotatable bonds is 4. The molecular formula is C10H12ClNO. The quantitative estimate of drug-likeness (QED) is 0.753. The Hall–Kier alpha value is -0.990. The van der Waals surface area contributed by atoms with E-state index in [4.69, 9.17) is 22.1 Å². The van der Waals surface area contributed by atoms with E-state index >= 15 is 0 Å². The summed E-state index contributed by atoms with van der Waals surface area (Å²) in [7, 11) is 0. The number of nitrogens with two attached hydrogens (primary N) is 1. The van der Waals surface area contributed by atoms with Crippen LogP contribution < -0.4 is 10.5 Å². The number of hydrogen-bond donors (Lipinski definition) is 1. The fourth-order valence-electron chi connectivity index (χ4n) is 0.997. The second-order valence-electron chi connectivity index (χ2n) is 2.56. The molecule has 1 aromatic rings. The first-order chi connectivity index (χ1) is 6.27. The van der Waals surface area contributed by atoms with Gasteiger partial charge in [-0.15, -0.1) is 0 Å². The molecule has 0 aliphatic carbocycles. The fourth-order valence-corrected chi connectivity index (χ4v) is 1.19. The van der Waals surface area contributed by atoms with Gasteiger partial charge in [0.05, 0.1) is 0 Å². The van der Waals surface area contributed by atoms with E-state index in [1.807, 2.05) is 6.07 Å². The van der Waals surface area contributed by atoms with Crippen molar-refractivity contribution in [3.8, 4) is 5.75 Å². The smallest absolute Gasteiger partial charge is 0.124 e. The topological polar surface area (TPSA) is 35.2 Å². The zero-order valence-corrected chi connectivity index (χ0v) is 8.05. The van der Waals surface area contributed by atoms with E-state index in [1.165, 1.54) is 0 Å². The molecule has 70 valence electrons. The van der Waals surface area contributed by atoms with Crippen molar-refractivity contribution in [3.63, 3.8) is 0 Å². The van der Waals surface area contributed by atoms with Crippen LogP contribution in [0.25, 0.3) is 0 Å². The summed E-state index contributed by atoms with van der Waals surface area (Å²) in [5, 5.41) is 0.673. The normalized spacial score (nSPS) is 9.69. The number of halogens is 1. The van der Waals surface area contributed by atoms with Gasteiger partial charge >= 0.3 is 0 Å². The molecule has 0 atom stereocenters. The Labute approximate surface area is 83.0 Å². The third kappa shape index (κ3) is 2.76. The van der Waals surface area contributed by atoms with Crippen molar-refractivity contribution in [3.05, 3.63) is 41.4 Å². The summed E-state index contributed by atoms with van der Waals surface area (Å²) in [6, 6.07) is 5.40. The van der Waals surface area contributed by atoms with E-state index in [2.05, 4.69) is 6.58 Å². The Bertz CT molecular complexity index is 299. The van der Waals surface area contributed by atoms with Crippen molar-refractivity contribution < 1.29 is 4.74 Å². The summed E-state index contributed by atoms with van der Waals surface area (Å²) in [4.78, 5) is 0. The van der Waals surface area contributed by atoms with E-state index in [9.17, 15) is 0 Å². The number of benzene rings is 1. The first-order valence-electron chi connectivity index (χ1n) is 4.00. The maximum absolute atomic E-state index is 5.80. The molecule has 0 fully saturated rings. The molecule has 0 bridgehead atoms. The highest BCUT2D eigenvalue weighted by atomic mass is 35.5. The van der Waals surface area contributed by atoms with Crippen LogP contribution in [0.3, 0.4) is 0 Å². The summed E-state index contributed by atoms with van der Waals surface area (Å²) >= 11 is 5.80. The average Bonchev–Trinajstić information content (AvgIpc) is 2.16. The molecule has 2 nitrogen and oxygen atoms in total. The molecule has 0 spiro atoms. The molecular weight excluding hydrogens is 186 g/mol.